The zero-order valence-electron chi connectivity index (χ0n) is 18.5. The number of anilines is 1. The molecule has 3 N–H and O–H groups in total. The summed E-state index contributed by atoms with van der Waals surface area (Å²) in [5.41, 5.74) is 7.12. The van der Waals surface area contributed by atoms with E-state index in [1.807, 2.05) is 18.4 Å². The number of fused-ring (bicyclic) bond motifs is 1. The van der Waals surface area contributed by atoms with Crippen LogP contribution >= 0.6 is 11.8 Å². The Kier molecular flexibility index (Phi) is 6.24. The minimum absolute atomic E-state index is 0.0225. The van der Waals surface area contributed by atoms with Crippen LogP contribution in [0.3, 0.4) is 0 Å². The molecular formula is C20H21N7O6S. The highest BCUT2D eigenvalue weighted by Gasteiger charge is 2.53. The summed E-state index contributed by atoms with van der Waals surface area (Å²) in [7, 11) is 1.24. The minimum Gasteiger partial charge on any atom is -0.543 e. The smallest absolute Gasteiger partial charge is 0.292 e. The number of amides is 2. The highest BCUT2D eigenvalue weighted by atomic mass is 32.2. The van der Waals surface area contributed by atoms with E-state index in [1.54, 1.807) is 12.4 Å². The van der Waals surface area contributed by atoms with Gasteiger partial charge < -0.3 is 30.2 Å². The molecule has 4 heterocycles. The average Bonchev–Trinajstić information content (AvgIpc) is 3.20. The maximum Gasteiger partial charge on any atom is 0.292 e. The predicted octanol–water partition coefficient (Wildman–Crippen LogP) is -1.99. The van der Waals surface area contributed by atoms with Gasteiger partial charge in [0.05, 0.1) is 11.7 Å². The largest absolute Gasteiger partial charge is 0.543 e. The van der Waals surface area contributed by atoms with E-state index >= 15 is 0 Å². The molecule has 0 aliphatic carbocycles. The van der Waals surface area contributed by atoms with E-state index in [-0.39, 0.29) is 29.7 Å². The molecule has 2 aliphatic heterocycles. The summed E-state index contributed by atoms with van der Waals surface area (Å²) in [4.78, 5) is 51.7. The Bertz CT molecular complexity index is 1220. The molecule has 14 heteroatoms. The first kappa shape index (κ1) is 23.2. The van der Waals surface area contributed by atoms with Crippen molar-refractivity contribution in [2.24, 2.45) is 5.16 Å². The number of hydrogen-bond acceptors (Lipinski definition) is 11. The van der Waals surface area contributed by atoms with Crippen LogP contribution in [0.15, 0.2) is 39.5 Å². The Morgan fingerprint density at radius 3 is 2.68 bits per heavy atom. The number of aliphatic carboxylic acids is 1. The van der Waals surface area contributed by atoms with Crippen molar-refractivity contribution in [3.63, 3.8) is 0 Å². The molecule has 0 bridgehead atoms. The Labute approximate surface area is 197 Å². The molecular weight excluding hydrogens is 466 g/mol. The van der Waals surface area contributed by atoms with E-state index in [0.717, 1.165) is 22.6 Å². The molecule has 2 aromatic heterocycles. The fourth-order valence-corrected chi connectivity index (χ4v) is 5.20. The van der Waals surface area contributed by atoms with Gasteiger partial charge in [-0.05, 0) is 13.8 Å². The van der Waals surface area contributed by atoms with Crippen molar-refractivity contribution in [2.75, 3.05) is 18.6 Å². The maximum absolute atomic E-state index is 12.9. The summed E-state index contributed by atoms with van der Waals surface area (Å²) >= 11 is 1.34. The lowest BCUT2D eigenvalue weighted by molar-refractivity contribution is -0.690. The molecule has 2 atom stereocenters. The first-order chi connectivity index (χ1) is 16.2. The number of rotatable bonds is 7. The van der Waals surface area contributed by atoms with Crippen LogP contribution in [0.5, 0.6) is 0 Å². The van der Waals surface area contributed by atoms with E-state index in [0.29, 0.717) is 11.3 Å². The van der Waals surface area contributed by atoms with Crippen LogP contribution in [0.1, 0.15) is 17.1 Å². The molecule has 0 spiro atoms. The van der Waals surface area contributed by atoms with Gasteiger partial charge in [-0.2, -0.15) is 9.55 Å². The number of carboxylic acids is 1. The maximum atomic E-state index is 12.9. The Morgan fingerprint density at radius 1 is 1.38 bits per heavy atom. The number of oxime groups is 1. The number of nitrogen functional groups attached to an aromatic ring is 1. The number of aryl methyl sites for hydroxylation is 2. The van der Waals surface area contributed by atoms with Gasteiger partial charge in [-0.1, -0.05) is 5.16 Å². The lowest BCUT2D eigenvalue weighted by atomic mass is 10.0. The van der Waals surface area contributed by atoms with Gasteiger partial charge in [0.25, 0.3) is 17.8 Å². The molecule has 1 unspecified atom stereocenters. The third-order valence-electron chi connectivity index (χ3n) is 5.12. The van der Waals surface area contributed by atoms with E-state index in [4.69, 9.17) is 15.0 Å². The zero-order valence-corrected chi connectivity index (χ0v) is 19.3. The van der Waals surface area contributed by atoms with E-state index in [1.165, 1.54) is 18.9 Å². The number of carbonyl (C=O) groups excluding carboxylic acids is 3. The van der Waals surface area contributed by atoms with Crippen molar-refractivity contribution < 1.29 is 33.3 Å². The molecule has 1 saturated heterocycles. The van der Waals surface area contributed by atoms with Crippen molar-refractivity contribution in [3.8, 4) is 0 Å². The predicted molar refractivity (Wildman–Crippen MR) is 115 cm³/mol. The van der Waals surface area contributed by atoms with Gasteiger partial charge in [0.15, 0.2) is 24.7 Å². The summed E-state index contributed by atoms with van der Waals surface area (Å²) in [5.74, 6) is -2.46. The Hall–Kier alpha value is -3.94. The molecule has 0 radical (unpaired) electrons. The third-order valence-corrected chi connectivity index (χ3v) is 6.46. The van der Waals surface area contributed by atoms with Crippen LogP contribution in [0.4, 0.5) is 6.01 Å². The summed E-state index contributed by atoms with van der Waals surface area (Å²) in [6.07, 6.45) is 4.70. The van der Waals surface area contributed by atoms with Gasteiger partial charge in [-0.25, -0.2) is 4.98 Å². The topological polar surface area (TPSA) is 180 Å². The van der Waals surface area contributed by atoms with Crippen molar-refractivity contribution >= 4 is 41.3 Å². The zero-order chi connectivity index (χ0) is 24.6. The molecule has 2 aliphatic rings. The fraction of sp³-hybridized carbons (Fsp3) is 0.350. The van der Waals surface area contributed by atoms with Crippen LogP contribution in [0, 0.1) is 13.8 Å². The van der Waals surface area contributed by atoms with Crippen molar-refractivity contribution in [3.05, 3.63) is 47.0 Å². The quantitative estimate of drug-likeness (QED) is 0.192. The number of β-lactam (4-membered cyclic amide) rings is 1. The highest BCUT2D eigenvalue weighted by Crippen LogP contribution is 2.40. The number of hydrogen-bond donors (Lipinski definition) is 2. The first-order valence-electron chi connectivity index (χ1n) is 10.1. The van der Waals surface area contributed by atoms with Crippen molar-refractivity contribution in [2.45, 2.75) is 31.8 Å². The van der Waals surface area contributed by atoms with E-state index in [9.17, 15) is 19.5 Å². The Morgan fingerprint density at radius 2 is 2.09 bits per heavy atom. The monoisotopic (exact) mass is 487 g/mol. The van der Waals surface area contributed by atoms with Crippen LogP contribution in [0.25, 0.3) is 0 Å². The molecule has 0 aromatic carbocycles. The van der Waals surface area contributed by atoms with Crippen molar-refractivity contribution in [1.82, 2.24) is 20.2 Å². The standard InChI is InChI=1S/C20H21N7O6S/c1-9-4-26(5-10(2)22-9)6-11-8-34-18-14(17(29)27(18)15(11)19(30)31)24-16(28)13(25-32-3)12-7-33-20(21)23-12/h4-5,7,14,18H,6,8H2,1-3H3,(H3-,21,23,24,28,30,31)/t14?,18-/m0/s1. The molecule has 0 saturated carbocycles. The molecule has 4 rings (SSSR count). The van der Waals surface area contributed by atoms with Gasteiger partial charge in [0.2, 0.25) is 0 Å². The van der Waals surface area contributed by atoms with Crippen LogP contribution in [-0.2, 0) is 25.8 Å². The normalized spacial score (nSPS) is 20.0. The van der Waals surface area contributed by atoms with Crippen LogP contribution < -0.4 is 20.7 Å². The average molecular weight is 487 g/mol. The lowest BCUT2D eigenvalue weighted by Gasteiger charge is -2.50. The molecule has 178 valence electrons. The summed E-state index contributed by atoms with van der Waals surface area (Å²) in [6, 6.07) is -1.15. The summed E-state index contributed by atoms with van der Waals surface area (Å²) < 4.78 is 6.71. The van der Waals surface area contributed by atoms with Crippen LogP contribution in [0.2, 0.25) is 0 Å². The minimum atomic E-state index is -1.46. The molecule has 13 nitrogen and oxygen atoms in total. The number of carbonyl (C=O) groups is 3. The van der Waals surface area contributed by atoms with Gasteiger partial charge in [0, 0.05) is 11.3 Å². The molecule has 2 amide bonds. The first-order valence-corrected chi connectivity index (χ1v) is 11.1. The number of nitrogens with one attached hydrogen (secondary N) is 1. The SMILES string of the molecule is CON=C(C(=O)NC1C(=O)N2C(C(=O)[O-])=C(C[n+]3cc(C)nc(C)c3)CS[C@@H]12)c1coc(N)n1. The number of nitrogens with zero attached hydrogens (tertiary/aromatic N) is 5. The number of carboxylic acid groups (broad SMARTS) is 1. The van der Waals surface area contributed by atoms with Gasteiger partial charge in [-0.15, -0.1) is 11.8 Å². The van der Waals surface area contributed by atoms with E-state index < -0.39 is 29.2 Å². The van der Waals surface area contributed by atoms with Gasteiger partial charge in [0.1, 0.15) is 41.9 Å². The Balaban J connectivity index is 1.55. The molecule has 1 fully saturated rings. The number of aromatic nitrogens is 3. The summed E-state index contributed by atoms with van der Waals surface area (Å²) in [6.45, 7) is 3.93. The molecule has 2 aromatic rings. The van der Waals surface area contributed by atoms with E-state index in [2.05, 4.69) is 20.4 Å². The molecule has 34 heavy (non-hydrogen) atoms. The van der Waals surface area contributed by atoms with Crippen molar-refractivity contribution in [1.29, 1.82) is 0 Å². The number of oxazole rings is 1. The van der Waals surface area contributed by atoms with Gasteiger partial charge >= 0.3 is 0 Å². The highest BCUT2D eigenvalue weighted by molar-refractivity contribution is 8.00. The fourth-order valence-electron chi connectivity index (χ4n) is 3.86. The lowest BCUT2D eigenvalue weighted by Crippen LogP contribution is -2.71. The van der Waals surface area contributed by atoms with Crippen LogP contribution in [-0.4, -0.2) is 62.6 Å². The third kappa shape index (κ3) is 4.31. The second kappa shape index (κ2) is 9.13. The second-order valence-corrected chi connectivity index (χ2v) is 8.72. The number of thioether (sulfide) groups is 1. The second-order valence-electron chi connectivity index (χ2n) is 7.62. The number of nitrogens with two attached hydrogens (primary N) is 1. The summed E-state index contributed by atoms with van der Waals surface area (Å²) in [5, 5.41) is 17.6. The van der Waals surface area contributed by atoms with Gasteiger partial charge in [-0.3, -0.25) is 14.5 Å².